The number of hydrogen-bond donors (Lipinski definition) is 1. The Morgan fingerprint density at radius 2 is 2.07 bits per heavy atom. The van der Waals surface area contributed by atoms with Crippen molar-refractivity contribution in [3.63, 3.8) is 0 Å². The van der Waals surface area contributed by atoms with Gasteiger partial charge in [0, 0.05) is 5.56 Å². The maximum atomic E-state index is 8.49. The predicted molar refractivity (Wildman–Crippen MR) is 60.7 cm³/mol. The molecule has 0 saturated heterocycles. The number of rotatable bonds is 4. The molecule has 0 saturated carbocycles. The van der Waals surface area contributed by atoms with Gasteiger partial charge in [-0.2, -0.15) is 0 Å². The van der Waals surface area contributed by atoms with Gasteiger partial charge >= 0.3 is 0 Å². The number of oxime groups is 1. The predicted octanol–water partition coefficient (Wildman–Crippen LogP) is 2.84. The Labute approximate surface area is 89.7 Å². The quantitative estimate of drug-likeness (QED) is 0.355. The van der Waals surface area contributed by atoms with E-state index in [0.29, 0.717) is 5.75 Å². The van der Waals surface area contributed by atoms with Crippen LogP contribution in [0, 0.1) is 0 Å². The Kier molecular flexibility index (Phi) is 3.50. The zero-order chi connectivity index (χ0) is 11.3. The summed E-state index contributed by atoms with van der Waals surface area (Å²) in [6.07, 6.45) is 3.06. The fourth-order valence-electron chi connectivity index (χ4n) is 1.07. The van der Waals surface area contributed by atoms with E-state index in [1.54, 1.807) is 6.08 Å². The van der Waals surface area contributed by atoms with E-state index in [9.17, 15) is 0 Å². The summed E-state index contributed by atoms with van der Waals surface area (Å²) in [6.45, 7) is 7.52. The Balaban J connectivity index is 2.98. The summed E-state index contributed by atoms with van der Waals surface area (Å²) < 4.78 is 5.71. The van der Waals surface area contributed by atoms with Crippen LogP contribution in [0.15, 0.2) is 42.1 Å². The summed E-state index contributed by atoms with van der Waals surface area (Å²) in [5.74, 6) is 0.667. The topological polar surface area (TPSA) is 41.8 Å². The van der Waals surface area contributed by atoms with E-state index >= 15 is 0 Å². The summed E-state index contributed by atoms with van der Waals surface area (Å²) in [5.41, 5.74) is 0.286. The van der Waals surface area contributed by atoms with Gasteiger partial charge in [0.05, 0.1) is 6.21 Å². The van der Waals surface area contributed by atoms with Gasteiger partial charge in [-0.25, -0.2) is 0 Å². The van der Waals surface area contributed by atoms with Crippen LogP contribution in [-0.2, 0) is 0 Å². The summed E-state index contributed by atoms with van der Waals surface area (Å²) >= 11 is 0. The highest BCUT2D eigenvalue weighted by Crippen LogP contribution is 2.22. The highest BCUT2D eigenvalue weighted by molar-refractivity contribution is 5.82. The van der Waals surface area contributed by atoms with Crippen molar-refractivity contribution in [3.8, 4) is 5.75 Å². The summed E-state index contributed by atoms with van der Waals surface area (Å²) in [4.78, 5) is 0. The second-order valence-electron chi connectivity index (χ2n) is 3.69. The first kappa shape index (κ1) is 11.3. The van der Waals surface area contributed by atoms with E-state index in [4.69, 9.17) is 9.94 Å². The molecule has 0 amide bonds. The fraction of sp³-hybridized carbons (Fsp3) is 0.250. The maximum absolute atomic E-state index is 8.49. The van der Waals surface area contributed by atoms with Crippen LogP contribution in [0.4, 0.5) is 0 Å². The van der Waals surface area contributed by atoms with Crippen molar-refractivity contribution in [2.45, 2.75) is 19.4 Å². The van der Waals surface area contributed by atoms with Crippen molar-refractivity contribution in [2.24, 2.45) is 5.16 Å². The van der Waals surface area contributed by atoms with E-state index in [-0.39, 0.29) is 0 Å². The van der Waals surface area contributed by atoms with Crippen molar-refractivity contribution in [2.75, 3.05) is 0 Å². The monoisotopic (exact) mass is 205 g/mol. The average Bonchev–Trinajstić information content (AvgIpc) is 2.21. The molecule has 0 aliphatic rings. The minimum absolute atomic E-state index is 0.445. The molecule has 1 aromatic carbocycles. The third-order valence-corrected chi connectivity index (χ3v) is 1.98. The van der Waals surface area contributed by atoms with Gasteiger partial charge in [-0.3, -0.25) is 0 Å². The normalized spacial score (nSPS) is 11.6. The van der Waals surface area contributed by atoms with Crippen LogP contribution < -0.4 is 4.74 Å². The van der Waals surface area contributed by atoms with Crippen molar-refractivity contribution < 1.29 is 9.94 Å². The average molecular weight is 205 g/mol. The molecule has 1 rings (SSSR count). The zero-order valence-electron chi connectivity index (χ0n) is 8.97. The molecule has 0 aliphatic heterocycles. The molecule has 1 aromatic rings. The van der Waals surface area contributed by atoms with Crippen molar-refractivity contribution in [3.05, 3.63) is 42.5 Å². The first-order chi connectivity index (χ1) is 7.09. The first-order valence-electron chi connectivity index (χ1n) is 4.68. The van der Waals surface area contributed by atoms with Gasteiger partial charge in [0.25, 0.3) is 0 Å². The first-order valence-corrected chi connectivity index (χ1v) is 4.68. The number of hydrogen-bond acceptors (Lipinski definition) is 3. The number of benzene rings is 1. The lowest BCUT2D eigenvalue weighted by atomic mass is 10.1. The highest BCUT2D eigenvalue weighted by Gasteiger charge is 2.15. The number of nitrogens with zero attached hydrogens (tertiary/aromatic N) is 1. The van der Waals surface area contributed by atoms with Crippen LogP contribution in [0.1, 0.15) is 19.4 Å². The molecule has 0 fully saturated rings. The third kappa shape index (κ3) is 3.13. The molecule has 3 heteroatoms. The van der Waals surface area contributed by atoms with E-state index in [1.807, 2.05) is 38.1 Å². The molecular formula is C12H15NO2. The van der Waals surface area contributed by atoms with E-state index < -0.39 is 5.60 Å². The number of ether oxygens (including phenoxy) is 1. The Hall–Kier alpha value is -1.77. The van der Waals surface area contributed by atoms with Crippen LogP contribution in [-0.4, -0.2) is 17.0 Å². The second kappa shape index (κ2) is 4.64. The third-order valence-electron chi connectivity index (χ3n) is 1.98. The molecule has 80 valence electrons. The Morgan fingerprint density at radius 3 is 2.67 bits per heavy atom. The van der Waals surface area contributed by atoms with Crippen LogP contribution in [0.5, 0.6) is 5.75 Å². The smallest absolute Gasteiger partial charge is 0.129 e. The zero-order valence-corrected chi connectivity index (χ0v) is 8.97. The SMILES string of the molecule is C=CC(C)(C)Oc1ccccc1C=NO. The largest absolute Gasteiger partial charge is 0.483 e. The Bertz CT molecular complexity index is 370. The highest BCUT2D eigenvalue weighted by atomic mass is 16.5. The lowest BCUT2D eigenvalue weighted by Gasteiger charge is -2.23. The van der Waals surface area contributed by atoms with Crippen LogP contribution >= 0.6 is 0 Å². The standard InChI is InChI=1S/C12H15NO2/c1-4-12(2,3)15-11-8-6-5-7-10(11)9-13-14/h4-9,14H,1H2,2-3H3. The van der Waals surface area contributed by atoms with E-state index in [0.717, 1.165) is 5.56 Å². The minimum Gasteiger partial charge on any atom is -0.483 e. The van der Waals surface area contributed by atoms with E-state index in [2.05, 4.69) is 11.7 Å². The van der Waals surface area contributed by atoms with Gasteiger partial charge in [0.15, 0.2) is 0 Å². The summed E-state index contributed by atoms with van der Waals surface area (Å²) in [7, 11) is 0. The van der Waals surface area contributed by atoms with Crippen molar-refractivity contribution in [1.29, 1.82) is 0 Å². The van der Waals surface area contributed by atoms with Crippen LogP contribution in [0.2, 0.25) is 0 Å². The van der Waals surface area contributed by atoms with Crippen LogP contribution in [0.25, 0.3) is 0 Å². The van der Waals surface area contributed by atoms with Gasteiger partial charge in [-0.05, 0) is 32.1 Å². The lowest BCUT2D eigenvalue weighted by Crippen LogP contribution is -2.25. The van der Waals surface area contributed by atoms with Gasteiger partial charge in [0.2, 0.25) is 0 Å². The molecule has 3 nitrogen and oxygen atoms in total. The van der Waals surface area contributed by atoms with Gasteiger partial charge in [0.1, 0.15) is 11.4 Å². The van der Waals surface area contributed by atoms with Crippen molar-refractivity contribution in [1.82, 2.24) is 0 Å². The summed E-state index contributed by atoms with van der Waals surface area (Å²) in [5, 5.41) is 11.5. The fourth-order valence-corrected chi connectivity index (χ4v) is 1.07. The number of para-hydroxylation sites is 1. The molecule has 15 heavy (non-hydrogen) atoms. The molecule has 0 atom stereocenters. The summed E-state index contributed by atoms with van der Waals surface area (Å²) in [6, 6.07) is 7.35. The molecule has 0 aromatic heterocycles. The molecule has 0 radical (unpaired) electrons. The minimum atomic E-state index is -0.445. The molecular weight excluding hydrogens is 190 g/mol. The Morgan fingerprint density at radius 1 is 1.40 bits per heavy atom. The lowest BCUT2D eigenvalue weighted by molar-refractivity contribution is 0.162. The molecule has 1 N–H and O–H groups in total. The van der Waals surface area contributed by atoms with Crippen molar-refractivity contribution >= 4 is 6.21 Å². The van der Waals surface area contributed by atoms with Gasteiger partial charge in [-0.1, -0.05) is 23.9 Å². The second-order valence-corrected chi connectivity index (χ2v) is 3.69. The maximum Gasteiger partial charge on any atom is 0.129 e. The van der Waals surface area contributed by atoms with E-state index in [1.165, 1.54) is 6.21 Å². The molecule has 0 spiro atoms. The molecule has 0 unspecified atom stereocenters. The van der Waals surface area contributed by atoms with Crippen LogP contribution in [0.3, 0.4) is 0 Å². The molecule has 0 heterocycles. The molecule has 0 aliphatic carbocycles. The van der Waals surface area contributed by atoms with Gasteiger partial charge < -0.3 is 9.94 Å². The van der Waals surface area contributed by atoms with Gasteiger partial charge in [-0.15, -0.1) is 0 Å². The molecule has 0 bridgehead atoms.